The van der Waals surface area contributed by atoms with Crippen molar-refractivity contribution in [2.75, 3.05) is 14.2 Å². The maximum absolute atomic E-state index is 5.24. The molecule has 0 aliphatic heterocycles. The second kappa shape index (κ2) is 6.28. The van der Waals surface area contributed by atoms with E-state index in [2.05, 4.69) is 4.98 Å². The van der Waals surface area contributed by atoms with Crippen LogP contribution in [0.25, 0.3) is 28.2 Å². The molecule has 0 unspecified atom stereocenters. The number of fused-ring (bicyclic) bond motifs is 1. The molecule has 0 bridgehead atoms. The Morgan fingerprint density at radius 3 is 2.00 bits per heavy atom. The molecule has 2 aromatic heterocycles. The van der Waals surface area contributed by atoms with Gasteiger partial charge < -0.3 is 13.9 Å². The summed E-state index contributed by atoms with van der Waals surface area (Å²) in [6, 6.07) is 15.7. The maximum Gasteiger partial charge on any atom is 0.163 e. The van der Waals surface area contributed by atoms with Crippen LogP contribution in [0.1, 0.15) is 0 Å². The van der Waals surface area contributed by atoms with Gasteiger partial charge in [0.15, 0.2) is 5.65 Å². The Balaban J connectivity index is 1.86. The number of methoxy groups -OCH3 is 2. The molecule has 0 saturated heterocycles. The molecule has 5 nitrogen and oxygen atoms in total. The third-order valence-electron chi connectivity index (χ3n) is 4.12. The van der Waals surface area contributed by atoms with E-state index in [-0.39, 0.29) is 0 Å². The van der Waals surface area contributed by atoms with Crippen molar-refractivity contribution in [2.24, 2.45) is 0 Å². The van der Waals surface area contributed by atoms with Gasteiger partial charge in [0.1, 0.15) is 17.2 Å². The molecule has 0 saturated carbocycles. The zero-order valence-corrected chi connectivity index (χ0v) is 14.0. The van der Waals surface area contributed by atoms with Gasteiger partial charge >= 0.3 is 0 Å². The zero-order valence-electron chi connectivity index (χ0n) is 14.0. The Hall–Kier alpha value is -3.34. The number of benzene rings is 2. The highest BCUT2D eigenvalue weighted by Crippen LogP contribution is 2.28. The van der Waals surface area contributed by atoms with Crippen LogP contribution in [0.5, 0.6) is 11.5 Å². The molecule has 0 aliphatic carbocycles. The van der Waals surface area contributed by atoms with Crippen LogP contribution >= 0.6 is 0 Å². The standard InChI is InChI=1S/C20H17N3O2/c1-24-16-7-3-14(4-8-16)18-13-23-12-11-21-20(23)19(22-18)15-5-9-17(25-2)10-6-15/h3-13H,1-2H3. The van der Waals surface area contributed by atoms with E-state index in [1.807, 2.05) is 65.3 Å². The lowest BCUT2D eigenvalue weighted by Gasteiger charge is -2.09. The van der Waals surface area contributed by atoms with E-state index in [1.54, 1.807) is 20.4 Å². The molecule has 2 heterocycles. The van der Waals surface area contributed by atoms with Gasteiger partial charge in [0.25, 0.3) is 0 Å². The minimum absolute atomic E-state index is 0.814. The third-order valence-corrected chi connectivity index (χ3v) is 4.12. The first-order chi connectivity index (χ1) is 12.3. The Bertz CT molecular complexity index is 1010. The lowest BCUT2D eigenvalue weighted by atomic mass is 10.1. The molecule has 2 aromatic carbocycles. The molecule has 4 aromatic rings. The van der Waals surface area contributed by atoms with Crippen LogP contribution in [0, 0.1) is 0 Å². The first-order valence-corrected chi connectivity index (χ1v) is 7.91. The second-order valence-corrected chi connectivity index (χ2v) is 5.59. The number of ether oxygens (including phenoxy) is 2. The van der Waals surface area contributed by atoms with Gasteiger partial charge in [-0.1, -0.05) is 0 Å². The van der Waals surface area contributed by atoms with Crippen molar-refractivity contribution in [3.05, 3.63) is 67.1 Å². The lowest BCUT2D eigenvalue weighted by Crippen LogP contribution is -1.96. The van der Waals surface area contributed by atoms with Crippen molar-refractivity contribution < 1.29 is 9.47 Å². The summed E-state index contributed by atoms with van der Waals surface area (Å²) in [5.41, 5.74) is 4.54. The van der Waals surface area contributed by atoms with E-state index in [4.69, 9.17) is 14.5 Å². The molecule has 5 heteroatoms. The molecule has 0 atom stereocenters. The fourth-order valence-electron chi connectivity index (χ4n) is 2.78. The molecule has 25 heavy (non-hydrogen) atoms. The summed E-state index contributed by atoms with van der Waals surface area (Å²) in [6.45, 7) is 0. The van der Waals surface area contributed by atoms with Gasteiger partial charge in [0, 0.05) is 29.7 Å². The van der Waals surface area contributed by atoms with Crippen molar-refractivity contribution in [3.8, 4) is 34.0 Å². The lowest BCUT2D eigenvalue weighted by molar-refractivity contribution is 0.415. The highest BCUT2D eigenvalue weighted by atomic mass is 16.5. The molecule has 0 amide bonds. The van der Waals surface area contributed by atoms with Gasteiger partial charge in [0.2, 0.25) is 0 Å². The van der Waals surface area contributed by atoms with Gasteiger partial charge in [-0.05, 0) is 48.5 Å². The summed E-state index contributed by atoms with van der Waals surface area (Å²) >= 11 is 0. The fraction of sp³-hybridized carbons (Fsp3) is 0.100. The number of imidazole rings is 1. The minimum Gasteiger partial charge on any atom is -0.497 e. The Morgan fingerprint density at radius 1 is 0.800 bits per heavy atom. The molecule has 0 fully saturated rings. The largest absolute Gasteiger partial charge is 0.497 e. The predicted molar refractivity (Wildman–Crippen MR) is 97.0 cm³/mol. The first kappa shape index (κ1) is 15.2. The van der Waals surface area contributed by atoms with Crippen LogP contribution < -0.4 is 9.47 Å². The SMILES string of the molecule is COc1ccc(-c2cn3ccnc3c(-c3ccc(OC)cc3)n2)cc1. The zero-order chi connectivity index (χ0) is 17.2. The molecule has 4 rings (SSSR count). The van der Waals surface area contributed by atoms with Crippen molar-refractivity contribution in [2.45, 2.75) is 0 Å². The molecule has 0 radical (unpaired) electrons. The summed E-state index contributed by atoms with van der Waals surface area (Å²) < 4.78 is 12.5. The number of nitrogens with zero attached hydrogens (tertiary/aromatic N) is 3. The summed E-state index contributed by atoms with van der Waals surface area (Å²) in [7, 11) is 3.32. The second-order valence-electron chi connectivity index (χ2n) is 5.59. The molecule has 0 spiro atoms. The van der Waals surface area contributed by atoms with Gasteiger partial charge in [-0.25, -0.2) is 9.97 Å². The number of hydrogen-bond acceptors (Lipinski definition) is 4. The Labute approximate surface area is 145 Å². The maximum atomic E-state index is 5.24. The van der Waals surface area contributed by atoms with Crippen LogP contribution in [-0.4, -0.2) is 28.6 Å². The van der Waals surface area contributed by atoms with Crippen molar-refractivity contribution >= 4 is 5.65 Å². The summed E-state index contributed by atoms with van der Waals surface area (Å²) in [5.74, 6) is 1.64. The van der Waals surface area contributed by atoms with E-state index >= 15 is 0 Å². The van der Waals surface area contributed by atoms with Crippen LogP contribution in [0.2, 0.25) is 0 Å². The number of rotatable bonds is 4. The van der Waals surface area contributed by atoms with Crippen LogP contribution in [-0.2, 0) is 0 Å². The summed E-state index contributed by atoms with van der Waals surface area (Å²) in [6.07, 6.45) is 5.69. The molecule has 124 valence electrons. The minimum atomic E-state index is 0.814. The molecular formula is C20H17N3O2. The predicted octanol–water partition coefficient (Wildman–Crippen LogP) is 4.08. The highest BCUT2D eigenvalue weighted by molar-refractivity contribution is 5.77. The van der Waals surface area contributed by atoms with Gasteiger partial charge in [-0.3, -0.25) is 0 Å². The first-order valence-electron chi connectivity index (χ1n) is 7.91. The van der Waals surface area contributed by atoms with E-state index < -0.39 is 0 Å². The van der Waals surface area contributed by atoms with Gasteiger partial charge in [-0.2, -0.15) is 0 Å². The molecular weight excluding hydrogens is 314 g/mol. The molecule has 0 N–H and O–H groups in total. The van der Waals surface area contributed by atoms with E-state index in [9.17, 15) is 0 Å². The average molecular weight is 331 g/mol. The van der Waals surface area contributed by atoms with Crippen LogP contribution in [0.15, 0.2) is 67.1 Å². The summed E-state index contributed by atoms with van der Waals surface area (Å²) in [5, 5.41) is 0. The summed E-state index contributed by atoms with van der Waals surface area (Å²) in [4.78, 5) is 9.31. The highest BCUT2D eigenvalue weighted by Gasteiger charge is 2.11. The van der Waals surface area contributed by atoms with Crippen molar-refractivity contribution in [3.63, 3.8) is 0 Å². The van der Waals surface area contributed by atoms with E-state index in [0.29, 0.717) is 0 Å². The van der Waals surface area contributed by atoms with E-state index in [0.717, 1.165) is 39.7 Å². The third kappa shape index (κ3) is 2.80. The normalized spacial score (nSPS) is 10.8. The Morgan fingerprint density at radius 2 is 1.40 bits per heavy atom. The quantitative estimate of drug-likeness (QED) is 0.565. The van der Waals surface area contributed by atoms with Crippen LogP contribution in [0.3, 0.4) is 0 Å². The van der Waals surface area contributed by atoms with E-state index in [1.165, 1.54) is 0 Å². The van der Waals surface area contributed by atoms with Crippen molar-refractivity contribution in [1.82, 2.24) is 14.4 Å². The number of aromatic nitrogens is 3. The smallest absolute Gasteiger partial charge is 0.163 e. The monoisotopic (exact) mass is 331 g/mol. The van der Waals surface area contributed by atoms with Crippen molar-refractivity contribution in [1.29, 1.82) is 0 Å². The topological polar surface area (TPSA) is 48.7 Å². The van der Waals surface area contributed by atoms with Gasteiger partial charge in [-0.15, -0.1) is 0 Å². The molecule has 0 aliphatic rings. The van der Waals surface area contributed by atoms with Crippen LogP contribution in [0.4, 0.5) is 0 Å². The number of hydrogen-bond donors (Lipinski definition) is 0. The average Bonchev–Trinajstić information content (AvgIpc) is 3.16. The van der Waals surface area contributed by atoms with Gasteiger partial charge in [0.05, 0.1) is 19.9 Å². The Kier molecular flexibility index (Phi) is 3.82. The fourth-order valence-corrected chi connectivity index (χ4v) is 2.78.